The van der Waals surface area contributed by atoms with Gasteiger partial charge in [0.05, 0.1) is 22.4 Å². The second-order valence-corrected chi connectivity index (χ2v) is 12.7. The van der Waals surface area contributed by atoms with Crippen molar-refractivity contribution >= 4 is 21.8 Å². The van der Waals surface area contributed by atoms with Crippen molar-refractivity contribution in [3.05, 3.63) is 163 Å². The van der Waals surface area contributed by atoms with Gasteiger partial charge in [-0.05, 0) is 57.6 Å². The summed E-state index contributed by atoms with van der Waals surface area (Å²) in [7, 11) is 0. The second-order valence-electron chi connectivity index (χ2n) is 12.7. The van der Waals surface area contributed by atoms with E-state index in [1.54, 1.807) is 0 Å². The summed E-state index contributed by atoms with van der Waals surface area (Å²) >= 11 is 0. The van der Waals surface area contributed by atoms with Gasteiger partial charge in [0.25, 0.3) is 0 Å². The minimum absolute atomic E-state index is 0.143. The van der Waals surface area contributed by atoms with Gasteiger partial charge in [0.15, 0.2) is 0 Å². The third-order valence-electron chi connectivity index (χ3n) is 9.60. The van der Waals surface area contributed by atoms with Crippen molar-refractivity contribution in [2.75, 3.05) is 0 Å². The summed E-state index contributed by atoms with van der Waals surface area (Å²) < 4.78 is 2.26. The van der Waals surface area contributed by atoms with E-state index in [4.69, 9.17) is 9.97 Å². The lowest BCUT2D eigenvalue weighted by molar-refractivity contribution is 0.666. The molecule has 46 heavy (non-hydrogen) atoms. The largest absolute Gasteiger partial charge is 0.278 e. The van der Waals surface area contributed by atoms with Crippen LogP contribution in [0.25, 0.3) is 72.5 Å². The highest BCUT2D eigenvalue weighted by molar-refractivity contribution is 6.14. The van der Waals surface area contributed by atoms with Gasteiger partial charge in [-0.25, -0.2) is 9.97 Å². The standard InChI is InChI=1S/C43H31N3/c1-43(2)35-22-11-9-20-32(35)33-24-25-39-40(41(33)43)34-21-10-12-23-38(34)46(39)42-44-36(29-16-7-4-8-17-29)27-37(45-42)31-19-13-18-30(26-31)28-14-5-3-6-15-28/h3-27H,1-2H3. The molecule has 0 saturated heterocycles. The Morgan fingerprint density at radius 3 is 1.91 bits per heavy atom. The molecule has 0 fully saturated rings. The smallest absolute Gasteiger partial charge is 0.235 e. The topological polar surface area (TPSA) is 30.7 Å². The Kier molecular flexibility index (Phi) is 5.85. The number of rotatable bonds is 4. The lowest BCUT2D eigenvalue weighted by Gasteiger charge is -2.22. The van der Waals surface area contributed by atoms with Crippen LogP contribution in [-0.4, -0.2) is 14.5 Å². The van der Waals surface area contributed by atoms with Crippen LogP contribution in [0, 0.1) is 0 Å². The molecule has 0 N–H and O–H groups in total. The summed E-state index contributed by atoms with van der Waals surface area (Å²) in [5, 5.41) is 2.49. The van der Waals surface area contributed by atoms with E-state index in [0.717, 1.165) is 39.1 Å². The number of hydrogen-bond donors (Lipinski definition) is 0. The first kappa shape index (κ1) is 26.6. The Labute approximate surface area is 268 Å². The first-order chi connectivity index (χ1) is 22.6. The maximum Gasteiger partial charge on any atom is 0.235 e. The highest BCUT2D eigenvalue weighted by Gasteiger charge is 2.38. The number of benzene rings is 6. The Hall–Kier alpha value is -5.80. The van der Waals surface area contributed by atoms with Crippen LogP contribution >= 0.6 is 0 Å². The first-order valence-corrected chi connectivity index (χ1v) is 15.9. The Bertz CT molecular complexity index is 2440. The molecule has 2 heterocycles. The van der Waals surface area contributed by atoms with Crippen LogP contribution in [0.5, 0.6) is 0 Å². The van der Waals surface area contributed by atoms with Crippen molar-refractivity contribution < 1.29 is 0 Å². The summed E-state index contributed by atoms with van der Waals surface area (Å²) in [5.74, 6) is 0.668. The van der Waals surface area contributed by atoms with Crippen molar-refractivity contribution in [3.8, 4) is 50.7 Å². The molecule has 0 amide bonds. The summed E-state index contributed by atoms with van der Waals surface area (Å²) in [4.78, 5) is 10.6. The molecule has 0 saturated carbocycles. The number of fused-ring (bicyclic) bond motifs is 7. The third-order valence-corrected chi connectivity index (χ3v) is 9.60. The van der Waals surface area contributed by atoms with Crippen molar-refractivity contribution in [2.24, 2.45) is 0 Å². The molecule has 218 valence electrons. The molecule has 0 bridgehead atoms. The summed E-state index contributed by atoms with van der Waals surface area (Å²) in [6.45, 7) is 4.71. The van der Waals surface area contributed by atoms with Gasteiger partial charge in [-0.3, -0.25) is 4.57 Å². The van der Waals surface area contributed by atoms with Crippen LogP contribution in [0.2, 0.25) is 0 Å². The summed E-state index contributed by atoms with van der Waals surface area (Å²) in [5.41, 5.74) is 13.7. The van der Waals surface area contributed by atoms with Gasteiger partial charge < -0.3 is 0 Å². The van der Waals surface area contributed by atoms with Gasteiger partial charge in [0.1, 0.15) is 0 Å². The van der Waals surface area contributed by atoms with Crippen LogP contribution in [0.15, 0.2) is 152 Å². The quantitative estimate of drug-likeness (QED) is 0.204. The van der Waals surface area contributed by atoms with E-state index in [1.807, 2.05) is 6.07 Å². The number of nitrogens with zero attached hydrogens (tertiary/aromatic N) is 3. The van der Waals surface area contributed by atoms with Crippen molar-refractivity contribution in [1.82, 2.24) is 14.5 Å². The van der Waals surface area contributed by atoms with Gasteiger partial charge in [-0.1, -0.05) is 141 Å². The average molecular weight is 590 g/mol. The molecule has 3 nitrogen and oxygen atoms in total. The van der Waals surface area contributed by atoms with Crippen LogP contribution in [0.4, 0.5) is 0 Å². The van der Waals surface area contributed by atoms with Crippen molar-refractivity contribution in [1.29, 1.82) is 0 Å². The van der Waals surface area contributed by atoms with Crippen molar-refractivity contribution in [2.45, 2.75) is 19.3 Å². The Morgan fingerprint density at radius 1 is 0.478 bits per heavy atom. The molecule has 1 aliphatic carbocycles. The van der Waals surface area contributed by atoms with Gasteiger partial charge >= 0.3 is 0 Å². The lowest BCUT2D eigenvalue weighted by atomic mass is 9.80. The van der Waals surface area contributed by atoms with E-state index >= 15 is 0 Å². The maximum atomic E-state index is 5.33. The minimum Gasteiger partial charge on any atom is -0.278 e. The second kappa shape index (κ2) is 10.1. The average Bonchev–Trinajstić information content (AvgIpc) is 3.57. The highest BCUT2D eigenvalue weighted by atomic mass is 15.2. The van der Waals surface area contributed by atoms with Gasteiger partial charge in [0.2, 0.25) is 5.95 Å². The molecule has 0 unspecified atom stereocenters. The van der Waals surface area contributed by atoms with Crippen LogP contribution < -0.4 is 0 Å². The molecule has 6 aromatic carbocycles. The minimum atomic E-state index is -0.143. The number of hydrogen-bond acceptors (Lipinski definition) is 2. The summed E-state index contributed by atoms with van der Waals surface area (Å²) in [6, 6.07) is 53.8. The van der Waals surface area contributed by atoms with E-state index in [1.165, 1.54) is 38.6 Å². The molecule has 0 radical (unpaired) electrons. The fourth-order valence-electron chi connectivity index (χ4n) is 7.48. The van der Waals surface area contributed by atoms with Crippen LogP contribution in [0.1, 0.15) is 25.0 Å². The molecule has 8 aromatic rings. The number of aromatic nitrogens is 3. The first-order valence-electron chi connectivity index (χ1n) is 15.9. The molecule has 0 atom stereocenters. The third kappa shape index (κ3) is 3.98. The molecular weight excluding hydrogens is 558 g/mol. The van der Waals surface area contributed by atoms with Crippen molar-refractivity contribution in [3.63, 3.8) is 0 Å². The van der Waals surface area contributed by atoms with Gasteiger partial charge in [0, 0.05) is 27.3 Å². The predicted molar refractivity (Wildman–Crippen MR) is 190 cm³/mol. The zero-order chi connectivity index (χ0) is 30.8. The molecule has 1 aliphatic rings. The zero-order valence-corrected chi connectivity index (χ0v) is 25.8. The molecule has 0 spiro atoms. The fraction of sp³-hybridized carbons (Fsp3) is 0.0698. The van der Waals surface area contributed by atoms with E-state index in [9.17, 15) is 0 Å². The van der Waals surface area contributed by atoms with Gasteiger partial charge in [-0.15, -0.1) is 0 Å². The molecular formula is C43H31N3. The van der Waals surface area contributed by atoms with Crippen LogP contribution in [0.3, 0.4) is 0 Å². The van der Waals surface area contributed by atoms with E-state index in [0.29, 0.717) is 5.95 Å². The highest BCUT2D eigenvalue weighted by Crippen LogP contribution is 2.53. The lowest BCUT2D eigenvalue weighted by Crippen LogP contribution is -2.15. The fourth-order valence-corrected chi connectivity index (χ4v) is 7.48. The van der Waals surface area contributed by atoms with E-state index < -0.39 is 0 Å². The van der Waals surface area contributed by atoms with Gasteiger partial charge in [-0.2, -0.15) is 0 Å². The SMILES string of the molecule is CC1(C)c2ccccc2-c2ccc3c(c21)c1ccccc1n3-c1nc(-c2ccccc2)cc(-c2cccc(-c3ccccc3)c2)n1. The normalized spacial score (nSPS) is 13.2. The predicted octanol–water partition coefficient (Wildman–Crippen LogP) is 10.9. The molecule has 0 aliphatic heterocycles. The van der Waals surface area contributed by atoms with Crippen LogP contribution in [-0.2, 0) is 5.41 Å². The number of para-hydroxylation sites is 1. The van der Waals surface area contributed by atoms with E-state index in [-0.39, 0.29) is 5.41 Å². The molecule has 2 aromatic heterocycles. The molecule has 3 heteroatoms. The Morgan fingerprint density at radius 2 is 1.11 bits per heavy atom. The maximum absolute atomic E-state index is 5.33. The monoisotopic (exact) mass is 589 g/mol. The molecule has 9 rings (SSSR count). The zero-order valence-electron chi connectivity index (χ0n) is 25.8. The van der Waals surface area contributed by atoms with E-state index in [2.05, 4.69) is 164 Å². The summed E-state index contributed by atoms with van der Waals surface area (Å²) in [6.07, 6.45) is 0. The Balaban J connectivity index is 1.33.